The number of thiazole rings is 1. The number of nitrogens with zero attached hydrogens (tertiary/aromatic N) is 4. The first-order valence-electron chi connectivity index (χ1n) is 7.15. The quantitative estimate of drug-likeness (QED) is 0.564. The van der Waals surface area contributed by atoms with Crippen molar-refractivity contribution in [2.24, 2.45) is 0 Å². The molecule has 4 aromatic rings. The van der Waals surface area contributed by atoms with Crippen molar-refractivity contribution in [1.82, 2.24) is 19.9 Å². The summed E-state index contributed by atoms with van der Waals surface area (Å²) < 4.78 is 0. The van der Waals surface area contributed by atoms with Crippen LogP contribution in [0.3, 0.4) is 0 Å². The molecule has 0 aliphatic rings. The fourth-order valence-electron chi connectivity index (χ4n) is 2.45. The summed E-state index contributed by atoms with van der Waals surface area (Å²) in [7, 11) is 0. The van der Waals surface area contributed by atoms with Crippen LogP contribution in [0, 0.1) is 0 Å². The van der Waals surface area contributed by atoms with E-state index in [-0.39, 0.29) is 0 Å². The molecule has 0 saturated carbocycles. The van der Waals surface area contributed by atoms with Crippen molar-refractivity contribution in [2.75, 3.05) is 0 Å². The molecule has 5 heteroatoms. The molecular formula is C18H12N4S. The first kappa shape index (κ1) is 13.7. The summed E-state index contributed by atoms with van der Waals surface area (Å²) in [5.41, 5.74) is 4.49. The Morgan fingerprint density at radius 2 is 1.39 bits per heavy atom. The molecule has 0 radical (unpaired) electrons. The SMILES string of the molecule is c1ccc(-c2ncccc2-c2ncccc2-c2nccs2)nc1. The number of hydrogen-bond acceptors (Lipinski definition) is 5. The van der Waals surface area contributed by atoms with Gasteiger partial charge in [-0.05, 0) is 36.4 Å². The average molecular weight is 316 g/mol. The van der Waals surface area contributed by atoms with Gasteiger partial charge in [-0.25, -0.2) is 4.98 Å². The van der Waals surface area contributed by atoms with Gasteiger partial charge in [0.2, 0.25) is 0 Å². The van der Waals surface area contributed by atoms with Crippen LogP contribution in [0.25, 0.3) is 33.2 Å². The summed E-state index contributed by atoms with van der Waals surface area (Å²) in [6.45, 7) is 0. The van der Waals surface area contributed by atoms with Gasteiger partial charge in [-0.2, -0.15) is 0 Å². The van der Waals surface area contributed by atoms with E-state index in [0.717, 1.165) is 33.2 Å². The van der Waals surface area contributed by atoms with E-state index in [0.29, 0.717) is 0 Å². The highest BCUT2D eigenvalue weighted by atomic mass is 32.1. The third-order valence-electron chi connectivity index (χ3n) is 3.44. The van der Waals surface area contributed by atoms with Crippen molar-refractivity contribution in [3.63, 3.8) is 0 Å². The number of pyridine rings is 3. The lowest BCUT2D eigenvalue weighted by molar-refractivity contribution is 1.23. The molecule has 0 aliphatic carbocycles. The van der Waals surface area contributed by atoms with Crippen LogP contribution in [-0.4, -0.2) is 19.9 Å². The molecule has 0 aliphatic heterocycles. The molecule has 4 nitrogen and oxygen atoms in total. The smallest absolute Gasteiger partial charge is 0.125 e. The second-order valence-electron chi connectivity index (χ2n) is 4.85. The van der Waals surface area contributed by atoms with Crippen LogP contribution in [0.1, 0.15) is 0 Å². The Morgan fingerprint density at radius 3 is 2.13 bits per heavy atom. The molecule has 0 saturated heterocycles. The third-order valence-corrected chi connectivity index (χ3v) is 4.25. The maximum atomic E-state index is 4.59. The van der Waals surface area contributed by atoms with Gasteiger partial charge in [0.25, 0.3) is 0 Å². The molecule has 0 amide bonds. The Labute approximate surface area is 137 Å². The van der Waals surface area contributed by atoms with E-state index >= 15 is 0 Å². The maximum absolute atomic E-state index is 4.59. The highest BCUT2D eigenvalue weighted by Crippen LogP contribution is 2.35. The van der Waals surface area contributed by atoms with Gasteiger partial charge < -0.3 is 0 Å². The van der Waals surface area contributed by atoms with E-state index in [1.165, 1.54) is 0 Å². The van der Waals surface area contributed by atoms with Crippen molar-refractivity contribution >= 4 is 11.3 Å². The van der Waals surface area contributed by atoms with E-state index < -0.39 is 0 Å². The Hall–Kier alpha value is -2.92. The van der Waals surface area contributed by atoms with Crippen LogP contribution in [-0.2, 0) is 0 Å². The summed E-state index contributed by atoms with van der Waals surface area (Å²) in [6.07, 6.45) is 7.15. The molecule has 0 bridgehead atoms. The van der Waals surface area contributed by atoms with Crippen molar-refractivity contribution in [2.45, 2.75) is 0 Å². The Morgan fingerprint density at radius 1 is 0.609 bits per heavy atom. The third kappa shape index (κ3) is 2.62. The van der Waals surface area contributed by atoms with Crippen LogP contribution in [0.15, 0.2) is 72.6 Å². The molecular weight excluding hydrogens is 304 g/mol. The topological polar surface area (TPSA) is 51.6 Å². The van der Waals surface area contributed by atoms with Crippen molar-refractivity contribution in [3.05, 3.63) is 72.6 Å². The van der Waals surface area contributed by atoms with Gasteiger partial charge in [-0.1, -0.05) is 6.07 Å². The van der Waals surface area contributed by atoms with E-state index in [2.05, 4.69) is 19.9 Å². The van der Waals surface area contributed by atoms with Crippen molar-refractivity contribution in [1.29, 1.82) is 0 Å². The molecule has 0 aromatic carbocycles. The van der Waals surface area contributed by atoms with Gasteiger partial charge in [0.15, 0.2) is 0 Å². The minimum absolute atomic E-state index is 0.824. The highest BCUT2D eigenvalue weighted by Gasteiger charge is 2.15. The second kappa shape index (κ2) is 6.06. The summed E-state index contributed by atoms with van der Waals surface area (Å²) in [5, 5.41) is 2.92. The minimum atomic E-state index is 0.824. The molecule has 4 aromatic heterocycles. The number of aromatic nitrogens is 4. The standard InChI is InChI=1S/C18H12N4S/c1-2-8-19-15(7-1)17-13(5-3-10-21-17)16-14(6-4-9-20-16)18-22-11-12-23-18/h1-12H. The summed E-state index contributed by atoms with van der Waals surface area (Å²) in [5.74, 6) is 0. The molecule has 23 heavy (non-hydrogen) atoms. The number of rotatable bonds is 3. The fraction of sp³-hybridized carbons (Fsp3) is 0. The lowest BCUT2D eigenvalue weighted by Gasteiger charge is -2.10. The Bertz CT molecular complexity index is 921. The van der Waals surface area contributed by atoms with E-state index in [1.807, 2.05) is 47.8 Å². The normalized spacial score (nSPS) is 10.6. The van der Waals surface area contributed by atoms with Gasteiger partial charge in [0.05, 0.1) is 17.1 Å². The first-order valence-corrected chi connectivity index (χ1v) is 8.03. The summed E-state index contributed by atoms with van der Waals surface area (Å²) in [4.78, 5) is 18.0. The van der Waals surface area contributed by atoms with E-state index in [4.69, 9.17) is 0 Å². The van der Waals surface area contributed by atoms with Crippen LogP contribution in [0.4, 0.5) is 0 Å². The van der Waals surface area contributed by atoms with Gasteiger partial charge in [-0.3, -0.25) is 15.0 Å². The van der Waals surface area contributed by atoms with Crippen LogP contribution in [0.5, 0.6) is 0 Å². The van der Waals surface area contributed by atoms with Gasteiger partial charge in [0, 0.05) is 41.3 Å². The van der Waals surface area contributed by atoms with Crippen molar-refractivity contribution < 1.29 is 0 Å². The second-order valence-corrected chi connectivity index (χ2v) is 5.75. The zero-order chi connectivity index (χ0) is 15.5. The Kier molecular flexibility index (Phi) is 3.62. The lowest BCUT2D eigenvalue weighted by Crippen LogP contribution is -1.94. The molecule has 0 atom stereocenters. The zero-order valence-corrected chi connectivity index (χ0v) is 12.9. The van der Waals surface area contributed by atoms with E-state index in [9.17, 15) is 0 Å². The molecule has 4 heterocycles. The molecule has 0 N–H and O–H groups in total. The van der Waals surface area contributed by atoms with Crippen molar-refractivity contribution in [3.8, 4) is 33.2 Å². The predicted octanol–water partition coefficient (Wildman–Crippen LogP) is 4.33. The van der Waals surface area contributed by atoms with Gasteiger partial charge >= 0.3 is 0 Å². The zero-order valence-electron chi connectivity index (χ0n) is 12.1. The monoisotopic (exact) mass is 316 g/mol. The number of hydrogen-bond donors (Lipinski definition) is 0. The van der Waals surface area contributed by atoms with E-state index in [1.54, 1.807) is 36.1 Å². The molecule has 110 valence electrons. The average Bonchev–Trinajstić information content (AvgIpc) is 3.17. The fourth-order valence-corrected chi connectivity index (χ4v) is 3.12. The first-order chi connectivity index (χ1) is 11.4. The molecule has 0 spiro atoms. The Balaban J connectivity index is 1.94. The summed E-state index contributed by atoms with van der Waals surface area (Å²) >= 11 is 1.60. The predicted molar refractivity (Wildman–Crippen MR) is 91.8 cm³/mol. The van der Waals surface area contributed by atoms with Crippen LogP contribution >= 0.6 is 11.3 Å². The minimum Gasteiger partial charge on any atom is -0.255 e. The van der Waals surface area contributed by atoms with Gasteiger partial charge in [0.1, 0.15) is 5.01 Å². The highest BCUT2D eigenvalue weighted by molar-refractivity contribution is 7.13. The van der Waals surface area contributed by atoms with Gasteiger partial charge in [-0.15, -0.1) is 11.3 Å². The molecule has 0 fully saturated rings. The lowest BCUT2D eigenvalue weighted by atomic mass is 10.0. The largest absolute Gasteiger partial charge is 0.255 e. The summed E-state index contributed by atoms with van der Waals surface area (Å²) in [6, 6.07) is 13.7. The molecule has 4 rings (SSSR count). The van der Waals surface area contributed by atoms with Crippen LogP contribution < -0.4 is 0 Å². The van der Waals surface area contributed by atoms with Crippen LogP contribution in [0.2, 0.25) is 0 Å². The molecule has 0 unspecified atom stereocenters. The maximum Gasteiger partial charge on any atom is 0.125 e.